The van der Waals surface area contributed by atoms with Gasteiger partial charge in [-0.05, 0) is 29.8 Å². The molecule has 0 spiro atoms. The summed E-state index contributed by atoms with van der Waals surface area (Å²) in [6, 6.07) is 27.0. The van der Waals surface area contributed by atoms with Crippen LogP contribution in [0, 0.1) is 0 Å². The molecule has 4 aromatic rings. The molecule has 0 N–H and O–H groups in total. The Hall–Kier alpha value is -3.18. The predicted octanol–water partition coefficient (Wildman–Crippen LogP) is 5.66. The lowest BCUT2D eigenvalue weighted by Crippen LogP contribution is -2.05. The second-order valence-electron chi connectivity index (χ2n) is 6.24. The Morgan fingerprint density at radius 1 is 0.893 bits per heavy atom. The third-order valence-corrected chi connectivity index (χ3v) is 4.81. The van der Waals surface area contributed by atoms with E-state index >= 15 is 0 Å². The molecule has 0 atom stereocenters. The van der Waals surface area contributed by atoms with Crippen LogP contribution in [0.1, 0.15) is 15.9 Å². The van der Waals surface area contributed by atoms with Gasteiger partial charge in [0.15, 0.2) is 0 Å². The summed E-state index contributed by atoms with van der Waals surface area (Å²) in [4.78, 5) is 12.8. The van der Waals surface area contributed by atoms with Gasteiger partial charge in [-0.1, -0.05) is 76.6 Å². The van der Waals surface area contributed by atoms with Crippen LogP contribution in [0.2, 0.25) is 0 Å². The van der Waals surface area contributed by atoms with Crippen molar-refractivity contribution in [2.24, 2.45) is 0 Å². The highest BCUT2D eigenvalue weighted by Gasteiger charge is 2.20. The maximum absolute atomic E-state index is 12.8. The van der Waals surface area contributed by atoms with Crippen molar-refractivity contribution in [2.75, 3.05) is 0 Å². The first kappa shape index (κ1) is 18.2. The Morgan fingerprint density at radius 3 is 2.21 bits per heavy atom. The van der Waals surface area contributed by atoms with E-state index in [0.717, 1.165) is 21.3 Å². The molecule has 0 aliphatic heterocycles. The standard InChI is InChI=1S/C23H17BrN2O2/c24-19-13-11-18(12-14-19)22-21(15-26(25-22)20-9-5-2-6-10-20)23(27)28-16-17-7-3-1-4-8-17/h1-15H,16H2. The van der Waals surface area contributed by atoms with Gasteiger partial charge in [0.2, 0.25) is 0 Å². The number of carbonyl (C=O) groups is 1. The van der Waals surface area contributed by atoms with Crippen LogP contribution >= 0.6 is 15.9 Å². The van der Waals surface area contributed by atoms with Crippen molar-refractivity contribution >= 4 is 21.9 Å². The van der Waals surface area contributed by atoms with Gasteiger partial charge in [-0.2, -0.15) is 5.10 Å². The fourth-order valence-corrected chi connectivity index (χ4v) is 3.12. The van der Waals surface area contributed by atoms with E-state index in [-0.39, 0.29) is 6.61 Å². The van der Waals surface area contributed by atoms with Crippen molar-refractivity contribution in [2.45, 2.75) is 6.61 Å². The van der Waals surface area contributed by atoms with Gasteiger partial charge in [0.25, 0.3) is 0 Å². The van der Waals surface area contributed by atoms with E-state index in [1.165, 1.54) is 0 Å². The quantitative estimate of drug-likeness (QED) is 0.382. The normalized spacial score (nSPS) is 10.6. The van der Waals surface area contributed by atoms with Crippen LogP contribution < -0.4 is 0 Å². The zero-order valence-electron chi connectivity index (χ0n) is 15.0. The fourth-order valence-electron chi connectivity index (χ4n) is 2.86. The number of nitrogens with zero attached hydrogens (tertiary/aromatic N) is 2. The zero-order valence-corrected chi connectivity index (χ0v) is 16.5. The van der Waals surface area contributed by atoms with Crippen LogP contribution in [-0.4, -0.2) is 15.7 Å². The first-order valence-corrected chi connectivity index (χ1v) is 9.62. The van der Waals surface area contributed by atoms with E-state index in [2.05, 4.69) is 21.0 Å². The van der Waals surface area contributed by atoms with Crippen molar-refractivity contribution in [1.82, 2.24) is 9.78 Å². The maximum atomic E-state index is 12.8. The summed E-state index contributed by atoms with van der Waals surface area (Å²) < 4.78 is 8.22. The monoisotopic (exact) mass is 432 g/mol. The minimum Gasteiger partial charge on any atom is -0.457 e. The topological polar surface area (TPSA) is 44.1 Å². The Balaban J connectivity index is 1.68. The molecule has 28 heavy (non-hydrogen) atoms. The summed E-state index contributed by atoms with van der Waals surface area (Å²) in [6.07, 6.45) is 1.72. The highest BCUT2D eigenvalue weighted by atomic mass is 79.9. The molecule has 1 aromatic heterocycles. The van der Waals surface area contributed by atoms with Crippen LogP contribution in [0.3, 0.4) is 0 Å². The van der Waals surface area contributed by atoms with Crippen molar-refractivity contribution in [3.63, 3.8) is 0 Å². The average Bonchev–Trinajstić information content (AvgIpc) is 3.19. The molecule has 0 fully saturated rings. The lowest BCUT2D eigenvalue weighted by molar-refractivity contribution is 0.0473. The Labute approximate surface area is 171 Å². The number of hydrogen-bond donors (Lipinski definition) is 0. The molecule has 4 rings (SSSR count). The SMILES string of the molecule is O=C(OCc1ccccc1)c1cn(-c2ccccc2)nc1-c1ccc(Br)cc1. The molecular weight excluding hydrogens is 416 g/mol. The molecule has 138 valence electrons. The molecule has 4 nitrogen and oxygen atoms in total. The summed E-state index contributed by atoms with van der Waals surface area (Å²) >= 11 is 3.44. The first-order chi connectivity index (χ1) is 13.7. The summed E-state index contributed by atoms with van der Waals surface area (Å²) in [5, 5.41) is 4.66. The number of benzene rings is 3. The Morgan fingerprint density at radius 2 is 1.54 bits per heavy atom. The van der Waals surface area contributed by atoms with Crippen LogP contribution in [0.25, 0.3) is 16.9 Å². The molecule has 0 saturated heterocycles. The van der Waals surface area contributed by atoms with E-state index < -0.39 is 5.97 Å². The van der Waals surface area contributed by atoms with Crippen molar-refractivity contribution in [3.05, 3.63) is 107 Å². The minimum absolute atomic E-state index is 0.218. The minimum atomic E-state index is -0.399. The first-order valence-electron chi connectivity index (χ1n) is 8.83. The lowest BCUT2D eigenvalue weighted by Gasteiger charge is -2.05. The largest absolute Gasteiger partial charge is 0.457 e. The number of rotatable bonds is 5. The van der Waals surface area contributed by atoms with Crippen LogP contribution in [0.15, 0.2) is 95.6 Å². The zero-order chi connectivity index (χ0) is 19.3. The van der Waals surface area contributed by atoms with Crippen LogP contribution in [-0.2, 0) is 11.3 Å². The maximum Gasteiger partial charge on any atom is 0.342 e. The van der Waals surface area contributed by atoms with Crippen molar-refractivity contribution in [1.29, 1.82) is 0 Å². The van der Waals surface area contributed by atoms with E-state index in [9.17, 15) is 4.79 Å². The third-order valence-electron chi connectivity index (χ3n) is 4.29. The van der Waals surface area contributed by atoms with E-state index in [1.807, 2.05) is 84.9 Å². The number of aromatic nitrogens is 2. The number of esters is 1. The van der Waals surface area contributed by atoms with Crippen molar-refractivity contribution in [3.8, 4) is 16.9 Å². The average molecular weight is 433 g/mol. The van der Waals surface area contributed by atoms with E-state index in [0.29, 0.717) is 11.3 Å². The smallest absolute Gasteiger partial charge is 0.342 e. The number of para-hydroxylation sites is 1. The van der Waals surface area contributed by atoms with Crippen LogP contribution in [0.5, 0.6) is 0 Å². The number of ether oxygens (including phenoxy) is 1. The molecule has 3 aromatic carbocycles. The van der Waals surface area contributed by atoms with E-state index in [1.54, 1.807) is 10.9 Å². The van der Waals surface area contributed by atoms with Gasteiger partial charge in [-0.25, -0.2) is 9.48 Å². The summed E-state index contributed by atoms with van der Waals surface area (Å²) in [5.74, 6) is -0.399. The highest BCUT2D eigenvalue weighted by molar-refractivity contribution is 9.10. The van der Waals surface area contributed by atoms with Gasteiger partial charge in [0.05, 0.1) is 5.69 Å². The number of hydrogen-bond acceptors (Lipinski definition) is 3. The van der Waals surface area contributed by atoms with Gasteiger partial charge >= 0.3 is 5.97 Å². The van der Waals surface area contributed by atoms with Gasteiger partial charge in [0.1, 0.15) is 17.9 Å². The predicted molar refractivity (Wildman–Crippen MR) is 112 cm³/mol. The summed E-state index contributed by atoms with van der Waals surface area (Å²) in [7, 11) is 0. The van der Waals surface area contributed by atoms with Gasteiger partial charge < -0.3 is 4.74 Å². The van der Waals surface area contributed by atoms with Gasteiger partial charge in [-0.15, -0.1) is 0 Å². The highest BCUT2D eigenvalue weighted by Crippen LogP contribution is 2.26. The molecule has 0 unspecified atom stereocenters. The van der Waals surface area contributed by atoms with Crippen molar-refractivity contribution < 1.29 is 9.53 Å². The molecule has 0 aliphatic rings. The molecular formula is C23H17BrN2O2. The second kappa shape index (κ2) is 8.23. The Bertz CT molecular complexity index is 1070. The van der Waals surface area contributed by atoms with Crippen LogP contribution in [0.4, 0.5) is 0 Å². The summed E-state index contributed by atoms with van der Waals surface area (Å²) in [5.41, 5.74) is 3.69. The third kappa shape index (κ3) is 4.05. The number of carbonyl (C=O) groups excluding carboxylic acids is 1. The molecule has 0 aliphatic carbocycles. The van der Waals surface area contributed by atoms with Gasteiger partial charge in [-0.3, -0.25) is 0 Å². The molecule has 0 radical (unpaired) electrons. The van der Waals surface area contributed by atoms with E-state index in [4.69, 9.17) is 4.74 Å². The second-order valence-corrected chi connectivity index (χ2v) is 7.16. The molecule has 0 bridgehead atoms. The Kier molecular flexibility index (Phi) is 5.35. The lowest BCUT2D eigenvalue weighted by atomic mass is 10.1. The van der Waals surface area contributed by atoms with Gasteiger partial charge in [0, 0.05) is 16.2 Å². The molecule has 0 amide bonds. The number of halogens is 1. The molecule has 0 saturated carbocycles. The molecule has 1 heterocycles. The molecule has 5 heteroatoms. The fraction of sp³-hybridized carbons (Fsp3) is 0.0435. The summed E-state index contributed by atoms with van der Waals surface area (Å²) in [6.45, 7) is 0.218.